The van der Waals surface area contributed by atoms with Crippen molar-refractivity contribution < 1.29 is 14.3 Å². The highest BCUT2D eigenvalue weighted by atomic mass is 16.5. The lowest BCUT2D eigenvalue weighted by Gasteiger charge is -2.12. The van der Waals surface area contributed by atoms with Crippen LogP contribution >= 0.6 is 0 Å². The minimum atomic E-state index is -0.296. The van der Waals surface area contributed by atoms with Gasteiger partial charge in [-0.05, 0) is 26.2 Å². The number of fused-ring (bicyclic) bond motifs is 1. The lowest BCUT2D eigenvalue weighted by Crippen LogP contribution is -2.24. The smallest absolute Gasteiger partial charge is 0.265 e. The third kappa shape index (κ3) is 2.09. The Kier molecular flexibility index (Phi) is 3.34. The van der Waals surface area contributed by atoms with E-state index in [0.717, 1.165) is 11.4 Å². The van der Waals surface area contributed by atoms with Crippen LogP contribution in [0.5, 0.6) is 5.75 Å². The molecule has 2 rings (SSSR count). The first-order valence-corrected chi connectivity index (χ1v) is 5.75. The van der Waals surface area contributed by atoms with E-state index in [0.29, 0.717) is 23.5 Å². The normalized spacial score (nSPS) is 14.3. The maximum Gasteiger partial charge on any atom is 0.265 e. The zero-order valence-corrected chi connectivity index (χ0v) is 10.8. The molecule has 1 aromatic rings. The lowest BCUT2D eigenvalue weighted by molar-refractivity contribution is 0.0692. The second kappa shape index (κ2) is 4.78. The van der Waals surface area contributed by atoms with E-state index in [-0.39, 0.29) is 11.8 Å². The maximum absolute atomic E-state index is 11.9. The highest BCUT2D eigenvalue weighted by Gasteiger charge is 2.35. The van der Waals surface area contributed by atoms with Gasteiger partial charge in [-0.3, -0.25) is 14.5 Å². The van der Waals surface area contributed by atoms with Gasteiger partial charge in [-0.1, -0.05) is 6.07 Å². The molecular weight excluding hydrogens is 232 g/mol. The molecule has 0 atom stereocenters. The van der Waals surface area contributed by atoms with Crippen LogP contribution in [0.1, 0.15) is 20.7 Å². The zero-order valence-electron chi connectivity index (χ0n) is 10.8. The van der Waals surface area contributed by atoms with Gasteiger partial charge < -0.3 is 9.64 Å². The largest absolute Gasteiger partial charge is 0.491 e. The number of benzene rings is 1. The fraction of sp³-hybridized carbons (Fsp3) is 0.385. The van der Waals surface area contributed by atoms with Gasteiger partial charge in [0.25, 0.3) is 11.8 Å². The molecule has 0 aliphatic carbocycles. The van der Waals surface area contributed by atoms with Crippen molar-refractivity contribution in [3.05, 3.63) is 29.3 Å². The van der Waals surface area contributed by atoms with E-state index in [9.17, 15) is 9.59 Å². The number of nitrogens with zero attached hydrogens (tertiary/aromatic N) is 2. The number of ether oxygens (including phenoxy) is 1. The summed E-state index contributed by atoms with van der Waals surface area (Å²) in [5, 5.41) is 0. The molecule has 0 unspecified atom stereocenters. The lowest BCUT2D eigenvalue weighted by atomic mass is 10.1. The van der Waals surface area contributed by atoms with E-state index in [1.54, 1.807) is 18.2 Å². The first-order valence-electron chi connectivity index (χ1n) is 5.75. The Morgan fingerprint density at radius 1 is 1.22 bits per heavy atom. The molecule has 0 N–H and O–H groups in total. The summed E-state index contributed by atoms with van der Waals surface area (Å²) < 4.78 is 5.59. The van der Waals surface area contributed by atoms with Gasteiger partial charge in [-0.2, -0.15) is 0 Å². The van der Waals surface area contributed by atoms with Crippen LogP contribution in [0.25, 0.3) is 0 Å². The third-order valence-corrected chi connectivity index (χ3v) is 2.88. The van der Waals surface area contributed by atoms with Crippen LogP contribution in [0, 0.1) is 0 Å². The molecule has 0 bridgehead atoms. The van der Waals surface area contributed by atoms with Gasteiger partial charge in [-0.15, -0.1) is 0 Å². The second-order valence-electron chi connectivity index (χ2n) is 4.50. The molecule has 5 heteroatoms. The monoisotopic (exact) mass is 248 g/mol. The minimum Gasteiger partial charge on any atom is -0.491 e. The summed E-state index contributed by atoms with van der Waals surface area (Å²) >= 11 is 0. The van der Waals surface area contributed by atoms with Crippen molar-refractivity contribution in [3.63, 3.8) is 0 Å². The van der Waals surface area contributed by atoms with Crippen LogP contribution in [-0.4, -0.2) is 55.9 Å². The summed E-state index contributed by atoms with van der Waals surface area (Å²) in [6.07, 6.45) is 0. The van der Waals surface area contributed by atoms with Crippen molar-refractivity contribution in [1.29, 1.82) is 0 Å². The van der Waals surface area contributed by atoms with Crippen LogP contribution in [0.2, 0.25) is 0 Å². The van der Waals surface area contributed by atoms with Crippen molar-refractivity contribution in [2.45, 2.75) is 0 Å². The molecule has 0 saturated carbocycles. The van der Waals surface area contributed by atoms with Crippen LogP contribution in [0.15, 0.2) is 18.2 Å². The standard InChI is InChI=1S/C13H16N2O3/c1-14(2)7-8-18-10-6-4-5-9-11(10)13(17)15(3)12(9)16/h4-6H,7-8H2,1-3H3. The van der Waals surface area contributed by atoms with E-state index in [4.69, 9.17) is 4.74 Å². The summed E-state index contributed by atoms with van der Waals surface area (Å²) in [5.41, 5.74) is 0.800. The highest BCUT2D eigenvalue weighted by molar-refractivity contribution is 6.22. The third-order valence-electron chi connectivity index (χ3n) is 2.88. The number of rotatable bonds is 4. The summed E-state index contributed by atoms with van der Waals surface area (Å²) in [6.45, 7) is 1.23. The van der Waals surface area contributed by atoms with Crippen molar-refractivity contribution in [2.75, 3.05) is 34.3 Å². The predicted molar refractivity (Wildman–Crippen MR) is 66.9 cm³/mol. The van der Waals surface area contributed by atoms with Gasteiger partial charge in [0, 0.05) is 13.6 Å². The first-order chi connectivity index (χ1) is 8.52. The van der Waals surface area contributed by atoms with Gasteiger partial charge >= 0.3 is 0 Å². The molecule has 1 aromatic carbocycles. The van der Waals surface area contributed by atoms with Gasteiger partial charge in [0.05, 0.1) is 11.1 Å². The molecule has 1 aliphatic heterocycles. The quantitative estimate of drug-likeness (QED) is 0.741. The highest BCUT2D eigenvalue weighted by Crippen LogP contribution is 2.29. The zero-order chi connectivity index (χ0) is 13.3. The number of imide groups is 1. The van der Waals surface area contributed by atoms with Crippen LogP contribution in [0.4, 0.5) is 0 Å². The molecule has 1 heterocycles. The van der Waals surface area contributed by atoms with Crippen LogP contribution in [0.3, 0.4) is 0 Å². The molecule has 0 aromatic heterocycles. The Morgan fingerprint density at radius 2 is 1.94 bits per heavy atom. The second-order valence-corrected chi connectivity index (χ2v) is 4.50. The summed E-state index contributed by atoms with van der Waals surface area (Å²) in [4.78, 5) is 26.8. The Labute approximate surface area is 106 Å². The van der Waals surface area contributed by atoms with E-state index in [2.05, 4.69) is 0 Å². The maximum atomic E-state index is 11.9. The van der Waals surface area contributed by atoms with E-state index in [1.165, 1.54) is 7.05 Å². The molecule has 0 radical (unpaired) electrons. The van der Waals surface area contributed by atoms with Crippen molar-refractivity contribution in [3.8, 4) is 5.75 Å². The van der Waals surface area contributed by atoms with Gasteiger partial charge in [0.1, 0.15) is 12.4 Å². The Morgan fingerprint density at radius 3 is 2.61 bits per heavy atom. The predicted octanol–water partition coefficient (Wildman–Crippen LogP) is 0.853. The summed E-state index contributed by atoms with van der Waals surface area (Å²) in [6, 6.07) is 5.10. The van der Waals surface area contributed by atoms with Gasteiger partial charge in [0.2, 0.25) is 0 Å². The van der Waals surface area contributed by atoms with Crippen LogP contribution < -0.4 is 4.74 Å². The van der Waals surface area contributed by atoms with Crippen LogP contribution in [-0.2, 0) is 0 Å². The van der Waals surface area contributed by atoms with Gasteiger partial charge in [0.15, 0.2) is 0 Å². The van der Waals surface area contributed by atoms with Crippen molar-refractivity contribution >= 4 is 11.8 Å². The van der Waals surface area contributed by atoms with Crippen molar-refractivity contribution in [1.82, 2.24) is 9.80 Å². The number of amides is 2. The Bertz CT molecular complexity index is 497. The molecule has 1 aliphatic rings. The number of likely N-dealkylation sites (N-methyl/N-ethyl adjacent to an activating group) is 1. The number of hydrogen-bond acceptors (Lipinski definition) is 4. The fourth-order valence-corrected chi connectivity index (χ4v) is 1.83. The topological polar surface area (TPSA) is 49.9 Å². The molecule has 0 saturated heterocycles. The number of hydrogen-bond donors (Lipinski definition) is 0. The molecule has 18 heavy (non-hydrogen) atoms. The Balaban J connectivity index is 2.24. The minimum absolute atomic E-state index is 0.270. The number of carbonyl (C=O) groups is 2. The SMILES string of the molecule is CN(C)CCOc1cccc2c1C(=O)N(C)C2=O. The van der Waals surface area contributed by atoms with E-state index < -0.39 is 0 Å². The van der Waals surface area contributed by atoms with E-state index in [1.807, 2.05) is 19.0 Å². The average molecular weight is 248 g/mol. The molecule has 96 valence electrons. The first kappa shape index (κ1) is 12.6. The fourth-order valence-electron chi connectivity index (χ4n) is 1.83. The van der Waals surface area contributed by atoms with Gasteiger partial charge in [-0.25, -0.2) is 0 Å². The van der Waals surface area contributed by atoms with Crippen molar-refractivity contribution in [2.24, 2.45) is 0 Å². The molecular formula is C13H16N2O3. The molecule has 0 spiro atoms. The summed E-state index contributed by atoms with van der Waals surface area (Å²) in [5.74, 6) is -0.0828. The van der Waals surface area contributed by atoms with E-state index >= 15 is 0 Å². The summed E-state index contributed by atoms with van der Waals surface area (Å²) in [7, 11) is 5.37. The Hall–Kier alpha value is -1.88. The molecule has 2 amide bonds. The molecule has 0 fully saturated rings. The molecule has 5 nitrogen and oxygen atoms in total. The number of carbonyl (C=O) groups excluding carboxylic acids is 2. The average Bonchev–Trinajstić information content (AvgIpc) is 2.55.